The number of aliphatic imine (C=N–C) groups is 1. The Balaban J connectivity index is 2.21. The zero-order chi connectivity index (χ0) is 18.4. The quantitative estimate of drug-likeness (QED) is 0.413. The number of nitriles is 1. The molecule has 6 nitrogen and oxygen atoms in total. The van der Waals surface area contributed by atoms with Crippen molar-refractivity contribution in [1.29, 1.82) is 5.26 Å². The van der Waals surface area contributed by atoms with Crippen molar-refractivity contribution in [3.05, 3.63) is 40.0 Å². The van der Waals surface area contributed by atoms with E-state index in [9.17, 15) is 10.1 Å². The Hall–Kier alpha value is -2.23. The van der Waals surface area contributed by atoms with Gasteiger partial charge in [-0.15, -0.1) is 0 Å². The molecule has 0 heterocycles. The monoisotopic (exact) mass is 379 g/mol. The van der Waals surface area contributed by atoms with Gasteiger partial charge in [-0.1, -0.05) is 36.0 Å². The summed E-state index contributed by atoms with van der Waals surface area (Å²) in [5.41, 5.74) is 11.8. The molecule has 25 heavy (non-hydrogen) atoms. The van der Waals surface area contributed by atoms with Crippen molar-refractivity contribution in [1.82, 2.24) is 5.32 Å². The van der Waals surface area contributed by atoms with E-state index in [2.05, 4.69) is 16.4 Å². The summed E-state index contributed by atoms with van der Waals surface area (Å²) in [6.45, 7) is 0. The van der Waals surface area contributed by atoms with Crippen molar-refractivity contribution >= 4 is 40.6 Å². The van der Waals surface area contributed by atoms with Crippen molar-refractivity contribution < 1.29 is 4.79 Å². The molecule has 1 aliphatic carbocycles. The predicted molar refractivity (Wildman–Crippen MR) is 99.5 cm³/mol. The lowest BCUT2D eigenvalue weighted by atomic mass is 9.85. The topological polar surface area (TPSA) is 117 Å². The van der Waals surface area contributed by atoms with Crippen LogP contribution in [0.5, 0.6) is 0 Å². The molecule has 0 aromatic heterocycles. The first-order chi connectivity index (χ1) is 11.9. The normalized spacial score (nSPS) is 21.5. The summed E-state index contributed by atoms with van der Waals surface area (Å²) < 4.78 is 0. The molecule has 132 valence electrons. The Morgan fingerprint density at radius 2 is 2.00 bits per heavy atom. The van der Waals surface area contributed by atoms with Crippen LogP contribution in [0.4, 0.5) is 5.69 Å². The van der Waals surface area contributed by atoms with Gasteiger partial charge in [0.2, 0.25) is 0 Å². The van der Waals surface area contributed by atoms with Gasteiger partial charge in [-0.2, -0.15) is 5.26 Å². The van der Waals surface area contributed by atoms with Crippen molar-refractivity contribution in [2.45, 2.75) is 31.7 Å². The third-order valence-electron chi connectivity index (χ3n) is 4.07. The number of hydrogen-bond donors (Lipinski definition) is 3. The maximum Gasteiger partial charge on any atom is 0.253 e. The molecule has 0 bridgehead atoms. The molecule has 0 spiro atoms. The lowest BCUT2D eigenvalue weighted by Crippen LogP contribution is -2.37. The second-order valence-electron chi connectivity index (χ2n) is 5.81. The van der Waals surface area contributed by atoms with Crippen molar-refractivity contribution in [2.24, 2.45) is 22.4 Å². The van der Waals surface area contributed by atoms with E-state index in [0.717, 1.165) is 25.7 Å². The summed E-state index contributed by atoms with van der Waals surface area (Å²) in [5.74, 6) is -0.854. The van der Waals surface area contributed by atoms with Gasteiger partial charge < -0.3 is 16.8 Å². The second-order valence-corrected chi connectivity index (χ2v) is 6.63. The van der Waals surface area contributed by atoms with E-state index >= 15 is 0 Å². The second kappa shape index (κ2) is 8.75. The molecule has 1 aromatic carbocycles. The average Bonchev–Trinajstić information content (AvgIpc) is 2.58. The smallest absolute Gasteiger partial charge is 0.253 e. The first-order valence-electron chi connectivity index (χ1n) is 7.87. The summed E-state index contributed by atoms with van der Waals surface area (Å²) in [4.78, 5) is 15.9. The van der Waals surface area contributed by atoms with Crippen LogP contribution in [0.3, 0.4) is 0 Å². The van der Waals surface area contributed by atoms with Gasteiger partial charge in [-0.05, 0) is 31.0 Å². The van der Waals surface area contributed by atoms with Crippen molar-refractivity contribution in [2.75, 3.05) is 0 Å². The Labute approximate surface area is 156 Å². The van der Waals surface area contributed by atoms with Gasteiger partial charge in [-0.3, -0.25) is 4.79 Å². The highest BCUT2D eigenvalue weighted by atomic mass is 35.5. The van der Waals surface area contributed by atoms with Crippen molar-refractivity contribution in [3.8, 4) is 6.07 Å². The number of nitrogens with one attached hydrogen (secondary N) is 1. The molecular weight excluding hydrogens is 361 g/mol. The van der Waals surface area contributed by atoms with Gasteiger partial charge in [0.25, 0.3) is 5.91 Å². The first kappa shape index (κ1) is 19.1. The SMILES string of the molecule is N#CC1CCCCC1N/C=C(/C(N)=O)C(N)=Nc1ccc(Cl)c(Cl)c1. The maximum absolute atomic E-state index is 11.7. The average molecular weight is 380 g/mol. The number of amidine groups is 1. The van der Waals surface area contributed by atoms with Gasteiger partial charge >= 0.3 is 0 Å². The molecule has 0 aliphatic heterocycles. The third kappa shape index (κ3) is 5.12. The molecule has 1 aromatic rings. The van der Waals surface area contributed by atoms with Crippen LogP contribution in [0, 0.1) is 17.2 Å². The molecule has 2 unspecified atom stereocenters. The number of amides is 1. The zero-order valence-electron chi connectivity index (χ0n) is 13.5. The molecule has 5 N–H and O–H groups in total. The Morgan fingerprint density at radius 3 is 2.64 bits per heavy atom. The van der Waals surface area contributed by atoms with Crippen LogP contribution < -0.4 is 16.8 Å². The van der Waals surface area contributed by atoms with Gasteiger partial charge in [0.15, 0.2) is 0 Å². The highest BCUT2D eigenvalue weighted by molar-refractivity contribution is 6.42. The number of hydrogen-bond acceptors (Lipinski definition) is 4. The van der Waals surface area contributed by atoms with E-state index in [1.165, 1.54) is 12.3 Å². The fourth-order valence-electron chi connectivity index (χ4n) is 2.70. The minimum Gasteiger partial charge on any atom is -0.386 e. The number of carbonyl (C=O) groups excluding carboxylic acids is 1. The Kier molecular flexibility index (Phi) is 6.68. The number of benzene rings is 1. The summed E-state index contributed by atoms with van der Waals surface area (Å²) >= 11 is 11.8. The lowest BCUT2D eigenvalue weighted by molar-refractivity contribution is -0.114. The van der Waals surface area contributed by atoms with Gasteiger partial charge in [0, 0.05) is 12.2 Å². The van der Waals surface area contributed by atoms with Gasteiger partial charge in [0.1, 0.15) is 5.84 Å². The van der Waals surface area contributed by atoms with Gasteiger partial charge in [0.05, 0.1) is 33.3 Å². The van der Waals surface area contributed by atoms with E-state index in [4.69, 9.17) is 34.7 Å². The first-order valence-corrected chi connectivity index (χ1v) is 8.63. The molecule has 0 radical (unpaired) electrons. The van der Waals surface area contributed by atoms with Crippen molar-refractivity contribution in [3.63, 3.8) is 0 Å². The van der Waals surface area contributed by atoms with E-state index in [0.29, 0.717) is 15.7 Å². The van der Waals surface area contributed by atoms with Crippen LogP contribution in [0.1, 0.15) is 25.7 Å². The number of primary amides is 1. The van der Waals surface area contributed by atoms with Gasteiger partial charge in [-0.25, -0.2) is 4.99 Å². The highest BCUT2D eigenvalue weighted by Crippen LogP contribution is 2.27. The van der Waals surface area contributed by atoms with Crippen LogP contribution in [0.15, 0.2) is 35.0 Å². The molecule has 8 heteroatoms. The van der Waals surface area contributed by atoms with E-state index in [-0.39, 0.29) is 23.4 Å². The Bertz CT molecular complexity index is 754. The molecule has 0 saturated heterocycles. The molecule has 2 atom stereocenters. The largest absolute Gasteiger partial charge is 0.386 e. The number of rotatable bonds is 5. The summed E-state index contributed by atoms with van der Waals surface area (Å²) in [5, 5.41) is 13.0. The van der Waals surface area contributed by atoms with Crippen LogP contribution in [0.2, 0.25) is 10.0 Å². The number of nitrogens with two attached hydrogens (primary N) is 2. The number of halogens is 2. The molecule has 1 fully saturated rings. The standard InChI is InChI=1S/C17H19Cl2N5O/c18-13-6-5-11(7-14(13)19)24-16(21)12(17(22)25)9-23-15-4-2-1-3-10(15)8-20/h5-7,9-10,15,23H,1-4H2,(H2,21,24)(H2,22,25)/b12-9+. The van der Waals surface area contributed by atoms with Crippen LogP contribution in [-0.2, 0) is 4.79 Å². The van der Waals surface area contributed by atoms with Crippen LogP contribution in [0.25, 0.3) is 0 Å². The van der Waals surface area contributed by atoms with E-state index in [1.807, 2.05) is 0 Å². The van der Waals surface area contributed by atoms with E-state index < -0.39 is 5.91 Å². The fourth-order valence-corrected chi connectivity index (χ4v) is 2.99. The highest BCUT2D eigenvalue weighted by Gasteiger charge is 2.24. The summed E-state index contributed by atoms with van der Waals surface area (Å²) in [7, 11) is 0. The number of nitrogens with zero attached hydrogens (tertiary/aromatic N) is 2. The fraction of sp³-hybridized carbons (Fsp3) is 0.353. The number of carbonyl (C=O) groups is 1. The third-order valence-corrected chi connectivity index (χ3v) is 4.81. The predicted octanol–water partition coefficient (Wildman–Crippen LogP) is 3.02. The minimum absolute atomic E-state index is 0.0362. The molecule has 1 aliphatic rings. The van der Waals surface area contributed by atoms with Crippen LogP contribution in [-0.4, -0.2) is 17.8 Å². The molecule has 1 saturated carbocycles. The summed E-state index contributed by atoms with van der Waals surface area (Å²) in [6.07, 6.45) is 5.19. The molecular formula is C17H19Cl2N5O. The summed E-state index contributed by atoms with van der Waals surface area (Å²) in [6, 6.07) is 7.00. The minimum atomic E-state index is -0.710. The Morgan fingerprint density at radius 1 is 1.28 bits per heavy atom. The maximum atomic E-state index is 11.7. The molecule has 2 rings (SSSR count). The zero-order valence-corrected chi connectivity index (χ0v) is 15.0. The van der Waals surface area contributed by atoms with Crippen LogP contribution >= 0.6 is 23.2 Å². The lowest BCUT2D eigenvalue weighted by Gasteiger charge is -2.27. The van der Waals surface area contributed by atoms with E-state index in [1.54, 1.807) is 12.1 Å². The molecule has 1 amide bonds.